The van der Waals surface area contributed by atoms with E-state index in [1.165, 1.54) is 0 Å². The van der Waals surface area contributed by atoms with Crippen molar-refractivity contribution >= 4 is 6.01 Å². The largest absolute Gasteiger partial charge is 0.428 e. The van der Waals surface area contributed by atoms with E-state index in [0.717, 1.165) is 11.5 Å². The van der Waals surface area contributed by atoms with E-state index in [-0.39, 0.29) is 5.92 Å². The SMILES string of the molecule is Cc1nc(N(C)C)oc1C(CN)C(C)C. The molecule has 0 amide bonds. The first-order valence-electron chi connectivity index (χ1n) is 5.32. The Morgan fingerprint density at radius 1 is 1.40 bits per heavy atom. The van der Waals surface area contributed by atoms with Crippen molar-refractivity contribution in [2.24, 2.45) is 11.7 Å². The minimum absolute atomic E-state index is 0.256. The fraction of sp³-hybridized carbons (Fsp3) is 0.727. The van der Waals surface area contributed by atoms with Gasteiger partial charge < -0.3 is 15.1 Å². The fourth-order valence-electron chi connectivity index (χ4n) is 1.61. The lowest BCUT2D eigenvalue weighted by Crippen LogP contribution is -2.18. The van der Waals surface area contributed by atoms with Crippen LogP contribution in [0.3, 0.4) is 0 Å². The van der Waals surface area contributed by atoms with Crippen LogP contribution in [0.25, 0.3) is 0 Å². The van der Waals surface area contributed by atoms with Crippen molar-refractivity contribution in [3.63, 3.8) is 0 Å². The maximum absolute atomic E-state index is 5.76. The van der Waals surface area contributed by atoms with E-state index in [9.17, 15) is 0 Å². The van der Waals surface area contributed by atoms with Crippen LogP contribution in [0.1, 0.15) is 31.2 Å². The number of rotatable bonds is 4. The lowest BCUT2D eigenvalue weighted by molar-refractivity contribution is 0.399. The first-order chi connectivity index (χ1) is 6.97. The van der Waals surface area contributed by atoms with Crippen LogP contribution < -0.4 is 10.6 Å². The van der Waals surface area contributed by atoms with Gasteiger partial charge in [-0.05, 0) is 12.8 Å². The van der Waals surface area contributed by atoms with Crippen LogP contribution in [0.15, 0.2) is 4.42 Å². The summed E-state index contributed by atoms with van der Waals surface area (Å²) in [6.45, 7) is 6.86. The van der Waals surface area contributed by atoms with E-state index in [1.807, 2.05) is 25.9 Å². The Bertz CT molecular complexity index is 318. The van der Waals surface area contributed by atoms with Crippen molar-refractivity contribution < 1.29 is 4.42 Å². The minimum Gasteiger partial charge on any atom is -0.428 e. The molecule has 1 heterocycles. The van der Waals surface area contributed by atoms with E-state index in [0.29, 0.717) is 18.5 Å². The number of anilines is 1. The Morgan fingerprint density at radius 3 is 2.33 bits per heavy atom. The number of aromatic nitrogens is 1. The van der Waals surface area contributed by atoms with Gasteiger partial charge in [0.25, 0.3) is 6.01 Å². The molecule has 0 aliphatic carbocycles. The van der Waals surface area contributed by atoms with E-state index in [1.54, 1.807) is 0 Å². The molecule has 0 aliphatic heterocycles. The maximum atomic E-state index is 5.76. The van der Waals surface area contributed by atoms with Gasteiger partial charge in [-0.3, -0.25) is 0 Å². The van der Waals surface area contributed by atoms with Gasteiger partial charge in [0, 0.05) is 26.6 Å². The molecular weight excluding hydrogens is 190 g/mol. The molecule has 4 heteroatoms. The number of nitrogens with two attached hydrogens (primary N) is 1. The molecule has 1 rings (SSSR count). The van der Waals surface area contributed by atoms with E-state index in [2.05, 4.69) is 18.8 Å². The van der Waals surface area contributed by atoms with Crippen LogP contribution in [0.4, 0.5) is 6.01 Å². The van der Waals surface area contributed by atoms with Gasteiger partial charge in [0.05, 0.1) is 5.69 Å². The zero-order chi connectivity index (χ0) is 11.6. The Hall–Kier alpha value is -1.03. The third-order valence-electron chi connectivity index (χ3n) is 2.60. The standard InChI is InChI=1S/C11H21N3O/c1-7(2)9(6-12)10-8(3)13-11(15-10)14(4)5/h7,9H,6,12H2,1-5H3. The molecule has 0 bridgehead atoms. The average molecular weight is 211 g/mol. The molecule has 0 saturated carbocycles. The molecule has 1 atom stereocenters. The summed E-state index contributed by atoms with van der Waals surface area (Å²) < 4.78 is 5.72. The van der Waals surface area contributed by atoms with Crippen molar-refractivity contribution in [2.75, 3.05) is 25.5 Å². The monoisotopic (exact) mass is 211 g/mol. The van der Waals surface area contributed by atoms with Crippen LogP contribution in [-0.4, -0.2) is 25.6 Å². The second-order valence-corrected chi connectivity index (χ2v) is 4.43. The lowest BCUT2D eigenvalue weighted by Gasteiger charge is -2.16. The highest BCUT2D eigenvalue weighted by molar-refractivity contribution is 5.28. The summed E-state index contributed by atoms with van der Waals surface area (Å²) in [6.07, 6.45) is 0. The van der Waals surface area contributed by atoms with Crippen LogP contribution in [0, 0.1) is 12.8 Å². The maximum Gasteiger partial charge on any atom is 0.297 e. The third kappa shape index (κ3) is 2.50. The minimum atomic E-state index is 0.256. The quantitative estimate of drug-likeness (QED) is 0.824. The molecule has 0 radical (unpaired) electrons. The van der Waals surface area contributed by atoms with Gasteiger partial charge >= 0.3 is 0 Å². The summed E-state index contributed by atoms with van der Waals surface area (Å²) in [5.41, 5.74) is 6.71. The molecule has 1 aromatic rings. The molecule has 1 aromatic heterocycles. The summed E-state index contributed by atoms with van der Waals surface area (Å²) in [7, 11) is 3.84. The average Bonchev–Trinajstić information content (AvgIpc) is 2.49. The fourth-order valence-corrected chi connectivity index (χ4v) is 1.61. The predicted octanol–water partition coefficient (Wildman–Crippen LogP) is 1.75. The lowest BCUT2D eigenvalue weighted by atomic mass is 9.92. The van der Waals surface area contributed by atoms with Gasteiger partial charge in [-0.1, -0.05) is 13.8 Å². The third-order valence-corrected chi connectivity index (χ3v) is 2.60. The molecule has 0 fully saturated rings. The normalized spacial score (nSPS) is 13.3. The van der Waals surface area contributed by atoms with Gasteiger partial charge in [0.1, 0.15) is 5.76 Å². The Morgan fingerprint density at radius 2 is 2.00 bits per heavy atom. The molecule has 0 aromatic carbocycles. The van der Waals surface area contributed by atoms with Gasteiger partial charge in [-0.2, -0.15) is 4.98 Å². The van der Waals surface area contributed by atoms with Crippen molar-refractivity contribution in [1.82, 2.24) is 4.98 Å². The zero-order valence-electron chi connectivity index (χ0n) is 10.2. The zero-order valence-corrected chi connectivity index (χ0v) is 10.2. The van der Waals surface area contributed by atoms with Crippen LogP contribution in [0.2, 0.25) is 0 Å². The van der Waals surface area contributed by atoms with Crippen molar-refractivity contribution in [3.8, 4) is 0 Å². The smallest absolute Gasteiger partial charge is 0.297 e. The number of hydrogen-bond acceptors (Lipinski definition) is 4. The van der Waals surface area contributed by atoms with Crippen molar-refractivity contribution in [2.45, 2.75) is 26.7 Å². The summed E-state index contributed by atoms with van der Waals surface area (Å²) >= 11 is 0. The van der Waals surface area contributed by atoms with Crippen LogP contribution in [0.5, 0.6) is 0 Å². The van der Waals surface area contributed by atoms with Gasteiger partial charge in [0.2, 0.25) is 0 Å². The Balaban J connectivity index is 3.02. The molecular formula is C11H21N3O. The van der Waals surface area contributed by atoms with Crippen LogP contribution >= 0.6 is 0 Å². The second-order valence-electron chi connectivity index (χ2n) is 4.43. The molecule has 86 valence electrons. The summed E-state index contributed by atoms with van der Waals surface area (Å²) in [6, 6.07) is 0.654. The van der Waals surface area contributed by atoms with E-state index < -0.39 is 0 Å². The molecule has 0 spiro atoms. The first-order valence-corrected chi connectivity index (χ1v) is 5.32. The number of oxazole rings is 1. The number of aryl methyl sites for hydroxylation is 1. The molecule has 0 saturated heterocycles. The van der Waals surface area contributed by atoms with Crippen LogP contribution in [-0.2, 0) is 0 Å². The highest BCUT2D eigenvalue weighted by Gasteiger charge is 2.22. The van der Waals surface area contributed by atoms with Gasteiger partial charge in [0.15, 0.2) is 0 Å². The van der Waals surface area contributed by atoms with E-state index in [4.69, 9.17) is 10.2 Å². The van der Waals surface area contributed by atoms with Crippen molar-refractivity contribution in [1.29, 1.82) is 0 Å². The summed E-state index contributed by atoms with van der Waals surface area (Å²) in [4.78, 5) is 6.23. The Labute approximate surface area is 91.5 Å². The Kier molecular flexibility index (Phi) is 3.74. The first kappa shape index (κ1) is 12.0. The number of hydrogen-bond donors (Lipinski definition) is 1. The second kappa shape index (κ2) is 4.66. The van der Waals surface area contributed by atoms with Gasteiger partial charge in [-0.15, -0.1) is 0 Å². The predicted molar refractivity (Wildman–Crippen MR) is 62.2 cm³/mol. The van der Waals surface area contributed by atoms with Crippen molar-refractivity contribution in [3.05, 3.63) is 11.5 Å². The summed E-state index contributed by atoms with van der Waals surface area (Å²) in [5, 5.41) is 0. The molecule has 1 unspecified atom stereocenters. The molecule has 4 nitrogen and oxygen atoms in total. The highest BCUT2D eigenvalue weighted by Crippen LogP contribution is 2.29. The number of nitrogens with zero attached hydrogens (tertiary/aromatic N) is 2. The topological polar surface area (TPSA) is 55.3 Å². The molecule has 2 N–H and O–H groups in total. The molecule has 15 heavy (non-hydrogen) atoms. The summed E-state index contributed by atoms with van der Waals surface area (Å²) in [5.74, 6) is 1.65. The van der Waals surface area contributed by atoms with Gasteiger partial charge in [-0.25, -0.2) is 0 Å². The van der Waals surface area contributed by atoms with E-state index >= 15 is 0 Å². The highest BCUT2D eigenvalue weighted by atomic mass is 16.4. The molecule has 0 aliphatic rings.